The van der Waals surface area contributed by atoms with Crippen LogP contribution in [0.3, 0.4) is 0 Å². The van der Waals surface area contributed by atoms with E-state index in [4.69, 9.17) is 0 Å². The lowest BCUT2D eigenvalue weighted by molar-refractivity contribution is 1.55. The van der Waals surface area contributed by atoms with Gasteiger partial charge in [0.15, 0.2) is 0 Å². The predicted molar refractivity (Wildman–Crippen MR) is 39.9 cm³/mol. The molecule has 0 heterocycles. The van der Waals surface area contributed by atoms with Gasteiger partial charge in [0.1, 0.15) is 0 Å². The normalized spacial score (nSPS) is 8.44. The van der Waals surface area contributed by atoms with E-state index < -0.39 is 0 Å². The Hall–Kier alpha value is -1.22. The highest BCUT2D eigenvalue weighted by molar-refractivity contribution is 5.75. The fraction of sp³-hybridized carbons (Fsp3) is 0.111. The number of fused-ring (bicyclic) bond motifs is 1. The highest BCUT2D eigenvalue weighted by Crippen LogP contribution is 2.29. The molecule has 2 aliphatic carbocycles. The van der Waals surface area contributed by atoms with Gasteiger partial charge in [-0.05, 0) is 18.1 Å². The maximum Gasteiger partial charge on any atom is -0.00297 e. The third kappa shape index (κ3) is 0.948. The van der Waals surface area contributed by atoms with Crippen molar-refractivity contribution in [2.45, 2.75) is 6.92 Å². The van der Waals surface area contributed by atoms with Gasteiger partial charge in [0.2, 0.25) is 0 Å². The van der Waals surface area contributed by atoms with E-state index in [1.165, 1.54) is 11.1 Å². The van der Waals surface area contributed by atoms with E-state index in [-0.39, 0.29) is 0 Å². The number of terminal acetylenes is 1. The molecule has 0 aromatic carbocycles. The zero-order chi connectivity index (χ0) is 6.69. The molecular weight excluding hydrogens is 108 g/mol. The van der Waals surface area contributed by atoms with Crippen molar-refractivity contribution in [3.8, 4) is 23.5 Å². The van der Waals surface area contributed by atoms with Crippen LogP contribution in [0.4, 0.5) is 0 Å². The van der Waals surface area contributed by atoms with Crippen LogP contribution in [0.1, 0.15) is 6.92 Å². The fourth-order valence-corrected chi connectivity index (χ4v) is 0.663. The van der Waals surface area contributed by atoms with E-state index in [0.717, 1.165) is 0 Å². The van der Waals surface area contributed by atoms with Gasteiger partial charge in [0, 0.05) is 0 Å². The van der Waals surface area contributed by atoms with Gasteiger partial charge in [-0.3, -0.25) is 0 Å². The lowest BCUT2D eigenvalue weighted by Gasteiger charge is -2.10. The molecule has 0 saturated heterocycles. The topological polar surface area (TPSA) is 0 Å². The monoisotopic (exact) mass is 116 g/mol. The molecule has 0 aliphatic heterocycles. The molecule has 0 amide bonds. The summed E-state index contributed by atoms with van der Waals surface area (Å²) in [4.78, 5) is 0. The second-order valence-corrected chi connectivity index (χ2v) is 1.87. The summed E-state index contributed by atoms with van der Waals surface area (Å²) in [5.74, 6) is 2.25. The van der Waals surface area contributed by atoms with Gasteiger partial charge in [0.05, 0.1) is 0 Å². The molecule has 0 aromatic rings. The van der Waals surface area contributed by atoms with Crippen LogP contribution in [0.5, 0.6) is 0 Å². The quantitative estimate of drug-likeness (QED) is 0.463. The van der Waals surface area contributed by atoms with Crippen LogP contribution in [0.25, 0.3) is 11.1 Å². The van der Waals surface area contributed by atoms with Crippen molar-refractivity contribution in [3.05, 3.63) is 24.3 Å². The third-order valence-electron chi connectivity index (χ3n) is 1.22. The molecule has 0 aromatic heterocycles. The second-order valence-electron chi connectivity index (χ2n) is 1.87. The smallest absolute Gasteiger partial charge is 0.00297 e. The molecule has 0 nitrogen and oxygen atoms in total. The summed E-state index contributed by atoms with van der Waals surface area (Å²) in [7, 11) is 0. The van der Waals surface area contributed by atoms with Crippen molar-refractivity contribution < 1.29 is 0 Å². The summed E-state index contributed by atoms with van der Waals surface area (Å²) in [5.41, 5.74) is 2.85. The third-order valence-corrected chi connectivity index (χ3v) is 1.22. The van der Waals surface area contributed by atoms with Crippen molar-refractivity contribution in [2.24, 2.45) is 0 Å². The molecule has 2 rings (SSSR count). The Morgan fingerprint density at radius 2 is 1.33 bits per heavy atom. The van der Waals surface area contributed by atoms with E-state index in [1.54, 1.807) is 6.92 Å². The minimum Gasteiger partial charge on any atom is -0.120 e. The van der Waals surface area contributed by atoms with Crippen LogP contribution in [-0.4, -0.2) is 0 Å². The summed E-state index contributed by atoms with van der Waals surface area (Å²) in [6, 6.07) is 8.48. The minimum atomic E-state index is 1.43. The Kier molecular flexibility index (Phi) is 1.55. The SMILES string of the molecule is C#CC.c1cc2ccc1-2. The van der Waals surface area contributed by atoms with Crippen molar-refractivity contribution in [1.82, 2.24) is 0 Å². The highest BCUT2D eigenvalue weighted by Gasteiger charge is 2.03. The summed E-state index contributed by atoms with van der Waals surface area (Å²) in [6.07, 6.45) is 4.60. The Balaban J connectivity index is 0.000000120. The van der Waals surface area contributed by atoms with Crippen molar-refractivity contribution in [3.63, 3.8) is 0 Å². The molecule has 44 valence electrons. The minimum absolute atomic E-state index is 1.43. The molecule has 0 unspecified atom stereocenters. The van der Waals surface area contributed by atoms with Crippen LogP contribution < -0.4 is 0 Å². The molecule has 0 bridgehead atoms. The van der Waals surface area contributed by atoms with E-state index in [2.05, 4.69) is 36.6 Å². The van der Waals surface area contributed by atoms with Gasteiger partial charge < -0.3 is 0 Å². The van der Waals surface area contributed by atoms with Gasteiger partial charge in [-0.2, -0.15) is 0 Å². The first kappa shape index (κ1) is 5.91. The molecule has 2 aliphatic rings. The first-order valence-electron chi connectivity index (χ1n) is 2.86. The molecule has 0 radical (unpaired) electrons. The van der Waals surface area contributed by atoms with Gasteiger partial charge in [-0.1, -0.05) is 24.3 Å². The number of rotatable bonds is 0. The summed E-state index contributed by atoms with van der Waals surface area (Å²) in [6.45, 7) is 1.65. The summed E-state index contributed by atoms with van der Waals surface area (Å²) in [5, 5.41) is 0. The molecule has 0 saturated carbocycles. The average molecular weight is 116 g/mol. The highest BCUT2D eigenvalue weighted by atomic mass is 14.1. The van der Waals surface area contributed by atoms with Crippen LogP contribution in [0.2, 0.25) is 0 Å². The van der Waals surface area contributed by atoms with Crippen LogP contribution in [-0.2, 0) is 0 Å². The number of hydrogen-bond acceptors (Lipinski definition) is 0. The van der Waals surface area contributed by atoms with Gasteiger partial charge in [-0.15, -0.1) is 12.3 Å². The second kappa shape index (κ2) is 2.37. The van der Waals surface area contributed by atoms with E-state index in [1.807, 2.05) is 0 Å². The van der Waals surface area contributed by atoms with Gasteiger partial charge in [0.25, 0.3) is 0 Å². The van der Waals surface area contributed by atoms with Gasteiger partial charge >= 0.3 is 0 Å². The van der Waals surface area contributed by atoms with E-state index in [0.29, 0.717) is 0 Å². The van der Waals surface area contributed by atoms with E-state index >= 15 is 0 Å². The molecular formula is C9H8. The summed E-state index contributed by atoms with van der Waals surface area (Å²) >= 11 is 0. The molecule has 0 fully saturated rings. The standard InChI is InChI=1S/C6H4.C3H4/c1-2-6-4-3-5(1)6;1-3-2/h1-4H;1H,2H3. The van der Waals surface area contributed by atoms with Crippen molar-refractivity contribution in [2.75, 3.05) is 0 Å². The Bertz CT molecular complexity index is 202. The number of hydrogen-bond donors (Lipinski definition) is 0. The Morgan fingerprint density at radius 3 is 1.33 bits per heavy atom. The Labute approximate surface area is 55.5 Å². The lowest BCUT2D eigenvalue weighted by atomic mass is 9.95. The van der Waals surface area contributed by atoms with E-state index in [9.17, 15) is 0 Å². The molecule has 0 spiro atoms. The maximum atomic E-state index is 4.60. The van der Waals surface area contributed by atoms with Crippen molar-refractivity contribution in [1.29, 1.82) is 0 Å². The average Bonchev–Trinajstić information content (AvgIpc) is 1.81. The molecule has 0 heteroatoms. The van der Waals surface area contributed by atoms with Gasteiger partial charge in [-0.25, -0.2) is 0 Å². The molecule has 0 atom stereocenters. The molecule has 9 heavy (non-hydrogen) atoms. The first-order chi connectivity index (χ1) is 4.38. The zero-order valence-electron chi connectivity index (χ0n) is 5.39. The number of benzene rings is 1. The zero-order valence-corrected chi connectivity index (χ0v) is 5.39. The van der Waals surface area contributed by atoms with Crippen LogP contribution in [0, 0.1) is 12.3 Å². The maximum absolute atomic E-state index is 4.60. The largest absolute Gasteiger partial charge is 0.120 e. The molecule has 0 N–H and O–H groups in total. The Morgan fingerprint density at radius 1 is 1.11 bits per heavy atom. The predicted octanol–water partition coefficient (Wildman–Crippen LogP) is 2.31. The fourth-order valence-electron chi connectivity index (χ4n) is 0.663. The van der Waals surface area contributed by atoms with Crippen molar-refractivity contribution >= 4 is 0 Å². The van der Waals surface area contributed by atoms with Crippen LogP contribution in [0.15, 0.2) is 24.3 Å². The van der Waals surface area contributed by atoms with Crippen LogP contribution >= 0.6 is 0 Å². The lowest BCUT2D eigenvalue weighted by Crippen LogP contribution is -1.85. The summed E-state index contributed by atoms with van der Waals surface area (Å²) < 4.78 is 0. The first-order valence-corrected chi connectivity index (χ1v) is 2.86.